The molecule has 0 spiro atoms. The number of thiophene rings is 2. The Morgan fingerprint density at radius 3 is 2.53 bits per heavy atom. The highest BCUT2D eigenvalue weighted by atomic mass is 32.1. The topological polar surface area (TPSA) is 23.5 Å². The van der Waals surface area contributed by atoms with Crippen LogP contribution in [-0.4, -0.2) is 22.7 Å². The average Bonchev–Trinajstić information content (AvgIpc) is 2.88. The standard InChI is InChI=1S/C15H21NOS2/c1-11-6-7-18-15(11)10-16(8-12(2)17)9-14-5-4-13(3)19-14/h4-7,12,17H,8-10H2,1-3H3. The fourth-order valence-electron chi connectivity index (χ4n) is 2.12. The van der Waals surface area contributed by atoms with Gasteiger partial charge in [-0.25, -0.2) is 0 Å². The molecule has 0 bridgehead atoms. The van der Waals surface area contributed by atoms with Crippen LogP contribution in [0.3, 0.4) is 0 Å². The predicted molar refractivity (Wildman–Crippen MR) is 83.9 cm³/mol. The molecule has 1 atom stereocenters. The van der Waals surface area contributed by atoms with Crippen LogP contribution in [0.4, 0.5) is 0 Å². The first kappa shape index (κ1) is 14.7. The van der Waals surface area contributed by atoms with Crippen LogP contribution in [0.1, 0.15) is 27.1 Å². The van der Waals surface area contributed by atoms with E-state index < -0.39 is 0 Å². The lowest BCUT2D eigenvalue weighted by molar-refractivity contribution is 0.119. The molecule has 19 heavy (non-hydrogen) atoms. The van der Waals surface area contributed by atoms with Crippen molar-refractivity contribution in [3.63, 3.8) is 0 Å². The van der Waals surface area contributed by atoms with Gasteiger partial charge in [0.2, 0.25) is 0 Å². The van der Waals surface area contributed by atoms with E-state index in [9.17, 15) is 5.11 Å². The van der Waals surface area contributed by atoms with Crippen LogP contribution in [0, 0.1) is 13.8 Å². The monoisotopic (exact) mass is 295 g/mol. The quantitative estimate of drug-likeness (QED) is 0.876. The van der Waals surface area contributed by atoms with Crippen molar-refractivity contribution in [3.8, 4) is 0 Å². The Labute approximate surface area is 123 Å². The van der Waals surface area contributed by atoms with Crippen LogP contribution in [0.5, 0.6) is 0 Å². The Morgan fingerprint density at radius 2 is 2.00 bits per heavy atom. The Balaban J connectivity index is 2.05. The van der Waals surface area contributed by atoms with Gasteiger partial charge in [-0.3, -0.25) is 4.90 Å². The maximum atomic E-state index is 9.67. The van der Waals surface area contributed by atoms with Crippen molar-refractivity contribution in [2.24, 2.45) is 0 Å². The maximum Gasteiger partial charge on any atom is 0.0639 e. The molecule has 1 unspecified atom stereocenters. The van der Waals surface area contributed by atoms with E-state index in [0.717, 1.165) is 13.1 Å². The van der Waals surface area contributed by atoms with Gasteiger partial charge in [0.05, 0.1) is 6.10 Å². The second kappa shape index (κ2) is 6.66. The Morgan fingerprint density at radius 1 is 1.21 bits per heavy atom. The molecule has 4 heteroatoms. The van der Waals surface area contributed by atoms with Crippen molar-refractivity contribution in [1.29, 1.82) is 0 Å². The summed E-state index contributed by atoms with van der Waals surface area (Å²) < 4.78 is 0. The van der Waals surface area contributed by atoms with Crippen molar-refractivity contribution >= 4 is 22.7 Å². The normalized spacial score (nSPS) is 13.1. The van der Waals surface area contributed by atoms with E-state index in [4.69, 9.17) is 0 Å². The van der Waals surface area contributed by atoms with E-state index >= 15 is 0 Å². The number of aliphatic hydroxyl groups is 1. The van der Waals surface area contributed by atoms with E-state index in [2.05, 4.69) is 42.3 Å². The van der Waals surface area contributed by atoms with Crippen molar-refractivity contribution in [3.05, 3.63) is 43.8 Å². The highest BCUT2D eigenvalue weighted by Gasteiger charge is 2.13. The number of nitrogens with zero attached hydrogens (tertiary/aromatic N) is 1. The fraction of sp³-hybridized carbons (Fsp3) is 0.467. The molecule has 0 amide bonds. The van der Waals surface area contributed by atoms with Gasteiger partial charge in [0, 0.05) is 34.3 Å². The van der Waals surface area contributed by atoms with Crippen LogP contribution >= 0.6 is 22.7 Å². The highest BCUT2D eigenvalue weighted by Crippen LogP contribution is 2.22. The molecule has 0 aliphatic carbocycles. The van der Waals surface area contributed by atoms with Gasteiger partial charge in [-0.2, -0.15) is 0 Å². The van der Waals surface area contributed by atoms with Gasteiger partial charge >= 0.3 is 0 Å². The molecule has 2 aromatic rings. The first-order chi connectivity index (χ1) is 9.04. The zero-order valence-corrected chi connectivity index (χ0v) is 13.4. The second-order valence-corrected chi connectivity index (χ2v) is 7.43. The molecule has 1 N–H and O–H groups in total. The third-order valence-corrected chi connectivity index (χ3v) is 5.03. The van der Waals surface area contributed by atoms with Crippen LogP contribution in [0.25, 0.3) is 0 Å². The van der Waals surface area contributed by atoms with Crippen molar-refractivity contribution in [2.75, 3.05) is 6.54 Å². The van der Waals surface area contributed by atoms with Crippen molar-refractivity contribution in [1.82, 2.24) is 4.90 Å². The van der Waals surface area contributed by atoms with Gasteiger partial charge < -0.3 is 5.11 Å². The third kappa shape index (κ3) is 4.42. The summed E-state index contributed by atoms with van der Waals surface area (Å²) in [7, 11) is 0. The van der Waals surface area contributed by atoms with Crippen LogP contribution < -0.4 is 0 Å². The Kier molecular flexibility index (Phi) is 5.16. The second-order valence-electron chi connectivity index (χ2n) is 5.06. The van der Waals surface area contributed by atoms with Crippen LogP contribution in [0.2, 0.25) is 0 Å². The molecule has 104 valence electrons. The van der Waals surface area contributed by atoms with Gasteiger partial charge in [-0.1, -0.05) is 0 Å². The molecule has 0 aromatic carbocycles. The summed E-state index contributed by atoms with van der Waals surface area (Å²) in [6.07, 6.45) is -0.290. The molecule has 2 heterocycles. The van der Waals surface area contributed by atoms with Gasteiger partial charge in [0.15, 0.2) is 0 Å². The third-order valence-electron chi connectivity index (χ3n) is 3.03. The number of hydrogen-bond acceptors (Lipinski definition) is 4. The molecule has 0 saturated carbocycles. The lowest BCUT2D eigenvalue weighted by Gasteiger charge is -2.23. The minimum Gasteiger partial charge on any atom is -0.392 e. The maximum absolute atomic E-state index is 9.67. The predicted octanol–water partition coefficient (Wildman–Crippen LogP) is 3.81. The molecule has 0 radical (unpaired) electrons. The summed E-state index contributed by atoms with van der Waals surface area (Å²) in [5.41, 5.74) is 1.35. The fourth-order valence-corrected chi connectivity index (χ4v) is 4.00. The number of rotatable bonds is 6. The lowest BCUT2D eigenvalue weighted by Crippen LogP contribution is -2.29. The van der Waals surface area contributed by atoms with Crippen molar-refractivity contribution < 1.29 is 5.11 Å². The summed E-state index contributed by atoms with van der Waals surface area (Å²) in [5.74, 6) is 0. The van der Waals surface area contributed by atoms with Crippen molar-refractivity contribution in [2.45, 2.75) is 40.0 Å². The molecule has 2 aromatic heterocycles. The zero-order chi connectivity index (χ0) is 13.8. The molecule has 0 saturated heterocycles. The van der Waals surface area contributed by atoms with Gasteiger partial charge in [0.1, 0.15) is 0 Å². The number of aryl methyl sites for hydroxylation is 2. The van der Waals surface area contributed by atoms with Crippen LogP contribution in [-0.2, 0) is 13.1 Å². The van der Waals surface area contributed by atoms with E-state index in [0.29, 0.717) is 6.54 Å². The van der Waals surface area contributed by atoms with Gasteiger partial charge in [0.25, 0.3) is 0 Å². The molecule has 2 nitrogen and oxygen atoms in total. The van der Waals surface area contributed by atoms with Crippen LogP contribution in [0.15, 0.2) is 23.6 Å². The average molecular weight is 295 g/mol. The smallest absolute Gasteiger partial charge is 0.0639 e. The minimum absolute atomic E-state index is 0.290. The Bertz CT molecular complexity index is 516. The summed E-state index contributed by atoms with van der Waals surface area (Å²) in [5, 5.41) is 11.8. The highest BCUT2D eigenvalue weighted by molar-refractivity contribution is 7.11. The van der Waals surface area contributed by atoms with E-state index in [1.165, 1.54) is 20.2 Å². The molecule has 2 rings (SSSR count). The summed E-state index contributed by atoms with van der Waals surface area (Å²) in [6, 6.07) is 6.52. The Hall–Kier alpha value is -0.680. The number of hydrogen-bond donors (Lipinski definition) is 1. The molecule has 0 aliphatic rings. The summed E-state index contributed by atoms with van der Waals surface area (Å²) in [6.45, 7) is 8.70. The lowest BCUT2D eigenvalue weighted by atomic mass is 10.2. The minimum atomic E-state index is -0.290. The zero-order valence-electron chi connectivity index (χ0n) is 11.7. The van der Waals surface area contributed by atoms with Gasteiger partial charge in [-0.15, -0.1) is 22.7 Å². The SMILES string of the molecule is Cc1ccc(CN(Cc2sccc2C)CC(C)O)s1. The van der Waals surface area contributed by atoms with Gasteiger partial charge in [-0.05, 0) is 49.9 Å². The van der Waals surface area contributed by atoms with E-state index in [1.807, 2.05) is 18.3 Å². The molecular weight excluding hydrogens is 274 g/mol. The summed E-state index contributed by atoms with van der Waals surface area (Å²) >= 11 is 3.64. The first-order valence-corrected chi connectivity index (χ1v) is 8.23. The first-order valence-electron chi connectivity index (χ1n) is 6.53. The van der Waals surface area contributed by atoms with E-state index in [-0.39, 0.29) is 6.10 Å². The summed E-state index contributed by atoms with van der Waals surface area (Å²) in [4.78, 5) is 6.44. The largest absolute Gasteiger partial charge is 0.392 e. The molecular formula is C15H21NOS2. The molecule has 0 fully saturated rings. The molecule has 0 aliphatic heterocycles. The van der Waals surface area contributed by atoms with E-state index in [1.54, 1.807) is 11.3 Å². The number of aliphatic hydroxyl groups excluding tert-OH is 1.